The van der Waals surface area contributed by atoms with Crippen LogP contribution >= 0.6 is 11.3 Å². The topological polar surface area (TPSA) is 55.0 Å². The van der Waals surface area contributed by atoms with Crippen LogP contribution in [0.25, 0.3) is 0 Å². The predicted molar refractivity (Wildman–Crippen MR) is 81.5 cm³/mol. The van der Waals surface area contributed by atoms with Gasteiger partial charge in [-0.1, -0.05) is 13.0 Å². The standard InChI is InChI=1S/C14H20N4S/c1-3-6-13-16-12(15)9-14(17-13)18(4-2)10-11-7-5-8-19-11/h5,7-9H,3-4,6,10H2,1-2H3,(H2,15,16,17). The molecule has 102 valence electrons. The Kier molecular flexibility index (Phi) is 4.74. The van der Waals surface area contributed by atoms with E-state index in [9.17, 15) is 0 Å². The summed E-state index contributed by atoms with van der Waals surface area (Å²) in [6.45, 7) is 6.02. The first-order valence-corrected chi connectivity index (χ1v) is 7.51. The zero-order chi connectivity index (χ0) is 13.7. The number of anilines is 2. The fourth-order valence-corrected chi connectivity index (χ4v) is 2.67. The summed E-state index contributed by atoms with van der Waals surface area (Å²) in [4.78, 5) is 12.4. The summed E-state index contributed by atoms with van der Waals surface area (Å²) in [5, 5.41) is 2.10. The number of hydrogen-bond acceptors (Lipinski definition) is 5. The summed E-state index contributed by atoms with van der Waals surface area (Å²) in [5.41, 5.74) is 5.88. The molecule has 0 bridgehead atoms. The Morgan fingerprint density at radius 1 is 1.32 bits per heavy atom. The number of rotatable bonds is 6. The van der Waals surface area contributed by atoms with Crippen molar-refractivity contribution in [3.8, 4) is 0 Å². The van der Waals surface area contributed by atoms with Crippen molar-refractivity contribution in [1.29, 1.82) is 0 Å². The SMILES string of the molecule is CCCc1nc(N)cc(N(CC)Cc2cccs2)n1. The minimum absolute atomic E-state index is 0.554. The lowest BCUT2D eigenvalue weighted by Gasteiger charge is -2.22. The molecule has 0 aromatic carbocycles. The van der Waals surface area contributed by atoms with E-state index in [1.54, 1.807) is 11.3 Å². The number of aryl methyl sites for hydroxylation is 1. The molecular formula is C14H20N4S. The van der Waals surface area contributed by atoms with Crippen molar-refractivity contribution in [3.05, 3.63) is 34.3 Å². The van der Waals surface area contributed by atoms with Crippen LogP contribution in [0, 0.1) is 0 Å². The van der Waals surface area contributed by atoms with E-state index >= 15 is 0 Å². The van der Waals surface area contributed by atoms with Crippen LogP contribution < -0.4 is 10.6 Å². The molecule has 0 saturated carbocycles. The highest BCUT2D eigenvalue weighted by Gasteiger charge is 2.10. The first-order valence-electron chi connectivity index (χ1n) is 6.63. The molecule has 0 aliphatic carbocycles. The van der Waals surface area contributed by atoms with Crippen molar-refractivity contribution >= 4 is 23.0 Å². The number of nitrogens with two attached hydrogens (primary N) is 1. The second kappa shape index (κ2) is 6.52. The third kappa shape index (κ3) is 3.67. The van der Waals surface area contributed by atoms with Crippen LogP contribution in [0.4, 0.5) is 11.6 Å². The third-order valence-corrected chi connectivity index (χ3v) is 3.75. The van der Waals surface area contributed by atoms with Gasteiger partial charge in [0.1, 0.15) is 17.5 Å². The molecule has 2 rings (SSSR count). The number of hydrogen-bond donors (Lipinski definition) is 1. The van der Waals surface area contributed by atoms with Crippen molar-refractivity contribution in [1.82, 2.24) is 9.97 Å². The molecule has 0 aliphatic rings. The molecule has 2 aromatic rings. The molecule has 0 aliphatic heterocycles. The van der Waals surface area contributed by atoms with E-state index in [4.69, 9.17) is 5.73 Å². The van der Waals surface area contributed by atoms with Gasteiger partial charge in [-0.2, -0.15) is 0 Å². The van der Waals surface area contributed by atoms with E-state index in [0.717, 1.165) is 37.6 Å². The van der Waals surface area contributed by atoms with Crippen molar-refractivity contribution in [2.75, 3.05) is 17.2 Å². The second-order valence-electron chi connectivity index (χ2n) is 4.41. The smallest absolute Gasteiger partial charge is 0.134 e. The van der Waals surface area contributed by atoms with Gasteiger partial charge in [-0.25, -0.2) is 9.97 Å². The van der Waals surface area contributed by atoms with E-state index in [0.29, 0.717) is 5.82 Å². The largest absolute Gasteiger partial charge is 0.384 e. The summed E-state index contributed by atoms with van der Waals surface area (Å²) in [7, 11) is 0. The van der Waals surface area contributed by atoms with Crippen LogP contribution in [0.15, 0.2) is 23.6 Å². The van der Waals surface area contributed by atoms with Crippen molar-refractivity contribution in [2.24, 2.45) is 0 Å². The van der Waals surface area contributed by atoms with Crippen LogP contribution in [0.3, 0.4) is 0 Å². The number of thiophene rings is 1. The summed E-state index contributed by atoms with van der Waals surface area (Å²) in [6, 6.07) is 6.08. The average molecular weight is 276 g/mol. The summed E-state index contributed by atoms with van der Waals surface area (Å²) >= 11 is 1.76. The molecular weight excluding hydrogens is 256 g/mol. The highest BCUT2D eigenvalue weighted by atomic mass is 32.1. The summed E-state index contributed by atoms with van der Waals surface area (Å²) in [6.07, 6.45) is 1.90. The normalized spacial score (nSPS) is 10.6. The fourth-order valence-electron chi connectivity index (χ4n) is 1.95. The van der Waals surface area contributed by atoms with Gasteiger partial charge in [-0.15, -0.1) is 11.3 Å². The Labute approximate surface area is 118 Å². The molecule has 5 heteroatoms. The maximum absolute atomic E-state index is 5.88. The lowest BCUT2D eigenvalue weighted by Crippen LogP contribution is -2.23. The van der Waals surface area contributed by atoms with Crippen LogP contribution in [0.1, 0.15) is 31.0 Å². The highest BCUT2D eigenvalue weighted by Crippen LogP contribution is 2.19. The Bertz CT molecular complexity index is 510. The Morgan fingerprint density at radius 2 is 2.16 bits per heavy atom. The zero-order valence-corrected chi connectivity index (χ0v) is 12.3. The second-order valence-corrected chi connectivity index (χ2v) is 5.44. The molecule has 0 saturated heterocycles. The molecule has 0 spiro atoms. The fraction of sp³-hybridized carbons (Fsp3) is 0.429. The van der Waals surface area contributed by atoms with Crippen LogP contribution in [0.2, 0.25) is 0 Å². The Hall–Kier alpha value is -1.62. The molecule has 0 radical (unpaired) electrons. The summed E-state index contributed by atoms with van der Waals surface area (Å²) < 4.78 is 0. The maximum atomic E-state index is 5.88. The molecule has 2 aromatic heterocycles. The van der Waals surface area contributed by atoms with Gasteiger partial charge in [-0.3, -0.25) is 0 Å². The first kappa shape index (κ1) is 13.8. The van der Waals surface area contributed by atoms with Gasteiger partial charge < -0.3 is 10.6 Å². The van der Waals surface area contributed by atoms with E-state index in [1.807, 2.05) is 6.07 Å². The molecule has 2 N–H and O–H groups in total. The van der Waals surface area contributed by atoms with Crippen molar-refractivity contribution in [2.45, 2.75) is 33.2 Å². The molecule has 0 amide bonds. The van der Waals surface area contributed by atoms with Crippen molar-refractivity contribution in [3.63, 3.8) is 0 Å². The third-order valence-electron chi connectivity index (χ3n) is 2.88. The van der Waals surface area contributed by atoms with Crippen molar-refractivity contribution < 1.29 is 0 Å². The van der Waals surface area contributed by atoms with Gasteiger partial charge in [0, 0.05) is 23.9 Å². The van der Waals surface area contributed by atoms with Gasteiger partial charge >= 0.3 is 0 Å². The van der Waals surface area contributed by atoms with Gasteiger partial charge in [0.15, 0.2) is 0 Å². The number of nitrogens with zero attached hydrogens (tertiary/aromatic N) is 3. The van der Waals surface area contributed by atoms with Gasteiger partial charge in [0.25, 0.3) is 0 Å². The van der Waals surface area contributed by atoms with Gasteiger partial charge in [0.2, 0.25) is 0 Å². The number of aromatic nitrogens is 2. The molecule has 2 heterocycles. The van der Waals surface area contributed by atoms with E-state index in [-0.39, 0.29) is 0 Å². The van der Waals surface area contributed by atoms with E-state index in [2.05, 4.69) is 46.2 Å². The molecule has 19 heavy (non-hydrogen) atoms. The first-order chi connectivity index (χ1) is 9.22. The Morgan fingerprint density at radius 3 is 2.79 bits per heavy atom. The van der Waals surface area contributed by atoms with E-state index < -0.39 is 0 Å². The highest BCUT2D eigenvalue weighted by molar-refractivity contribution is 7.09. The minimum atomic E-state index is 0.554. The predicted octanol–water partition coefficient (Wildman–Crippen LogP) is 3.10. The summed E-state index contributed by atoms with van der Waals surface area (Å²) in [5.74, 6) is 2.31. The lowest BCUT2D eigenvalue weighted by molar-refractivity contribution is 0.787. The average Bonchev–Trinajstić information content (AvgIpc) is 2.88. The molecule has 4 nitrogen and oxygen atoms in total. The minimum Gasteiger partial charge on any atom is -0.384 e. The quantitative estimate of drug-likeness (QED) is 0.881. The van der Waals surface area contributed by atoms with Gasteiger partial charge in [0.05, 0.1) is 6.54 Å². The van der Waals surface area contributed by atoms with Crippen LogP contribution in [0.5, 0.6) is 0 Å². The molecule has 0 unspecified atom stereocenters. The number of nitrogen functional groups attached to an aromatic ring is 1. The monoisotopic (exact) mass is 276 g/mol. The van der Waals surface area contributed by atoms with Crippen LogP contribution in [-0.2, 0) is 13.0 Å². The molecule has 0 atom stereocenters. The van der Waals surface area contributed by atoms with Crippen LogP contribution in [-0.4, -0.2) is 16.5 Å². The Balaban J connectivity index is 2.21. The molecule has 0 fully saturated rings. The lowest BCUT2D eigenvalue weighted by atomic mass is 10.3. The van der Waals surface area contributed by atoms with E-state index in [1.165, 1.54) is 4.88 Å². The van der Waals surface area contributed by atoms with Gasteiger partial charge in [-0.05, 0) is 24.8 Å². The zero-order valence-electron chi connectivity index (χ0n) is 11.5. The maximum Gasteiger partial charge on any atom is 0.134 e.